The molecule has 3 nitrogen and oxygen atoms in total. The third-order valence-electron chi connectivity index (χ3n) is 3.69. The van der Waals surface area contributed by atoms with Crippen molar-refractivity contribution in [3.8, 4) is 0 Å². The lowest BCUT2D eigenvalue weighted by atomic mass is 9.70. The molecule has 1 atom stereocenters. The molecule has 1 rings (SSSR count). The topological polar surface area (TPSA) is 47.3 Å². The van der Waals surface area contributed by atoms with Crippen molar-refractivity contribution in [1.29, 1.82) is 0 Å². The summed E-state index contributed by atoms with van der Waals surface area (Å²) >= 11 is 0. The Morgan fingerprint density at radius 2 is 1.81 bits per heavy atom. The van der Waals surface area contributed by atoms with Crippen molar-refractivity contribution in [3.63, 3.8) is 0 Å². The zero-order chi connectivity index (χ0) is 12.2. The van der Waals surface area contributed by atoms with Crippen LogP contribution in [-0.4, -0.2) is 18.2 Å². The van der Waals surface area contributed by atoms with Gasteiger partial charge in [-0.2, -0.15) is 0 Å². The van der Waals surface area contributed by atoms with Crippen molar-refractivity contribution in [1.82, 2.24) is 5.43 Å². The minimum atomic E-state index is -0.0556. The van der Waals surface area contributed by atoms with E-state index in [4.69, 9.17) is 10.6 Å². The van der Waals surface area contributed by atoms with Crippen molar-refractivity contribution in [3.05, 3.63) is 0 Å². The Hall–Kier alpha value is -0.120. The minimum Gasteiger partial charge on any atom is -0.374 e. The summed E-state index contributed by atoms with van der Waals surface area (Å²) in [6.07, 6.45) is 6.11. The van der Waals surface area contributed by atoms with E-state index in [1.54, 1.807) is 0 Å². The highest BCUT2D eigenvalue weighted by Crippen LogP contribution is 2.40. The predicted molar refractivity (Wildman–Crippen MR) is 68.0 cm³/mol. The monoisotopic (exact) mass is 228 g/mol. The molecule has 0 aromatic carbocycles. The Balaban J connectivity index is 2.88. The number of nitrogens with one attached hydrogen (secondary N) is 1. The van der Waals surface area contributed by atoms with Gasteiger partial charge in [0.15, 0.2) is 0 Å². The zero-order valence-electron chi connectivity index (χ0n) is 11.3. The number of hydrogen-bond acceptors (Lipinski definition) is 3. The fraction of sp³-hybridized carbons (Fsp3) is 1.00. The van der Waals surface area contributed by atoms with Crippen LogP contribution < -0.4 is 11.3 Å². The zero-order valence-corrected chi connectivity index (χ0v) is 11.3. The van der Waals surface area contributed by atoms with Crippen molar-refractivity contribution in [2.75, 3.05) is 6.61 Å². The lowest BCUT2D eigenvalue weighted by molar-refractivity contribution is -0.113. The van der Waals surface area contributed by atoms with Gasteiger partial charge in [-0.3, -0.25) is 11.3 Å². The molecule has 1 aliphatic carbocycles. The van der Waals surface area contributed by atoms with Crippen molar-refractivity contribution in [2.24, 2.45) is 11.3 Å². The van der Waals surface area contributed by atoms with Crippen molar-refractivity contribution >= 4 is 0 Å². The number of hydrogen-bond donors (Lipinski definition) is 2. The highest BCUT2D eigenvalue weighted by Gasteiger charge is 2.45. The molecule has 96 valence electrons. The van der Waals surface area contributed by atoms with Gasteiger partial charge in [-0.1, -0.05) is 40.0 Å². The molecule has 16 heavy (non-hydrogen) atoms. The van der Waals surface area contributed by atoms with E-state index in [0.717, 1.165) is 19.4 Å². The van der Waals surface area contributed by atoms with E-state index < -0.39 is 0 Å². The first-order valence-electron chi connectivity index (χ1n) is 6.56. The molecule has 3 N–H and O–H groups in total. The Labute approximate surface area is 100 Å². The van der Waals surface area contributed by atoms with Gasteiger partial charge in [-0.25, -0.2) is 0 Å². The fourth-order valence-electron chi connectivity index (χ4n) is 3.15. The summed E-state index contributed by atoms with van der Waals surface area (Å²) in [7, 11) is 0. The third kappa shape index (κ3) is 2.96. The quantitative estimate of drug-likeness (QED) is 0.574. The largest absolute Gasteiger partial charge is 0.374 e. The summed E-state index contributed by atoms with van der Waals surface area (Å²) in [5.41, 5.74) is 3.08. The third-order valence-corrected chi connectivity index (χ3v) is 3.69. The van der Waals surface area contributed by atoms with E-state index in [0.29, 0.717) is 0 Å². The van der Waals surface area contributed by atoms with E-state index in [9.17, 15) is 0 Å². The smallest absolute Gasteiger partial charge is 0.0853 e. The number of nitrogens with two attached hydrogens (primary N) is 1. The van der Waals surface area contributed by atoms with Crippen molar-refractivity contribution < 1.29 is 4.74 Å². The van der Waals surface area contributed by atoms with E-state index in [1.807, 2.05) is 0 Å². The van der Waals surface area contributed by atoms with Gasteiger partial charge >= 0.3 is 0 Å². The lowest BCUT2D eigenvalue weighted by Gasteiger charge is -2.48. The second-order valence-electron chi connectivity index (χ2n) is 6.02. The summed E-state index contributed by atoms with van der Waals surface area (Å²) in [6, 6.07) is 0.222. The lowest BCUT2D eigenvalue weighted by Crippen LogP contribution is -2.61. The standard InChI is InChI=1S/C13H28N2O/c1-5-16-13(9-7-6-8-10-13)11(15-14)12(2,3)4/h11,15H,5-10,14H2,1-4H3. The first-order valence-corrected chi connectivity index (χ1v) is 6.56. The molecule has 0 bridgehead atoms. The average Bonchev–Trinajstić information content (AvgIpc) is 2.18. The first kappa shape index (κ1) is 13.9. The van der Waals surface area contributed by atoms with Crippen LogP contribution >= 0.6 is 0 Å². The summed E-state index contributed by atoms with van der Waals surface area (Å²) < 4.78 is 6.11. The molecule has 0 spiro atoms. The molecular formula is C13H28N2O. The van der Waals surface area contributed by atoms with Crippen LogP contribution in [-0.2, 0) is 4.74 Å². The Bertz CT molecular complexity index is 199. The maximum Gasteiger partial charge on any atom is 0.0853 e. The van der Waals surface area contributed by atoms with Gasteiger partial charge < -0.3 is 4.74 Å². The van der Waals surface area contributed by atoms with Gasteiger partial charge in [0.1, 0.15) is 0 Å². The molecule has 1 saturated carbocycles. The van der Waals surface area contributed by atoms with Crippen LogP contribution in [0.2, 0.25) is 0 Å². The van der Waals surface area contributed by atoms with Gasteiger partial charge in [-0.05, 0) is 25.2 Å². The van der Waals surface area contributed by atoms with Gasteiger partial charge in [0.25, 0.3) is 0 Å². The van der Waals surface area contributed by atoms with Crippen LogP contribution in [0.5, 0.6) is 0 Å². The summed E-state index contributed by atoms with van der Waals surface area (Å²) in [5.74, 6) is 5.78. The van der Waals surface area contributed by atoms with Crippen LogP contribution in [0.15, 0.2) is 0 Å². The first-order chi connectivity index (χ1) is 7.46. The van der Waals surface area contributed by atoms with Gasteiger partial charge in [0, 0.05) is 6.61 Å². The van der Waals surface area contributed by atoms with Crippen LogP contribution in [0.25, 0.3) is 0 Å². The number of ether oxygens (including phenoxy) is 1. The molecule has 1 fully saturated rings. The van der Waals surface area contributed by atoms with Crippen LogP contribution in [0.1, 0.15) is 59.8 Å². The van der Waals surface area contributed by atoms with Gasteiger partial charge in [0.05, 0.1) is 11.6 Å². The number of hydrazine groups is 1. The molecule has 0 aromatic rings. The molecule has 1 aliphatic rings. The Morgan fingerprint density at radius 3 is 2.19 bits per heavy atom. The highest BCUT2D eigenvalue weighted by molar-refractivity contribution is 5.00. The van der Waals surface area contributed by atoms with Crippen LogP contribution in [0.4, 0.5) is 0 Å². The van der Waals surface area contributed by atoms with Crippen LogP contribution in [0.3, 0.4) is 0 Å². The van der Waals surface area contributed by atoms with E-state index in [2.05, 4.69) is 33.1 Å². The molecule has 1 unspecified atom stereocenters. The molecule has 0 heterocycles. The van der Waals surface area contributed by atoms with E-state index in [-0.39, 0.29) is 17.1 Å². The van der Waals surface area contributed by atoms with Crippen LogP contribution in [0, 0.1) is 5.41 Å². The molecule has 0 aromatic heterocycles. The average molecular weight is 228 g/mol. The Morgan fingerprint density at radius 1 is 1.25 bits per heavy atom. The second kappa shape index (κ2) is 5.48. The SMILES string of the molecule is CCOC1(C(NN)C(C)(C)C)CCCCC1. The van der Waals surface area contributed by atoms with E-state index in [1.165, 1.54) is 19.3 Å². The molecular weight excluding hydrogens is 200 g/mol. The molecule has 0 amide bonds. The summed E-state index contributed by atoms with van der Waals surface area (Å²) in [4.78, 5) is 0. The van der Waals surface area contributed by atoms with Gasteiger partial charge in [0.2, 0.25) is 0 Å². The molecule has 3 heteroatoms. The summed E-state index contributed by atoms with van der Waals surface area (Å²) in [6.45, 7) is 9.54. The van der Waals surface area contributed by atoms with E-state index >= 15 is 0 Å². The maximum atomic E-state index is 6.11. The fourth-order valence-corrected chi connectivity index (χ4v) is 3.15. The predicted octanol–water partition coefficient (Wildman–Crippen LogP) is 2.60. The Kier molecular flexibility index (Phi) is 4.77. The summed E-state index contributed by atoms with van der Waals surface area (Å²) in [5, 5.41) is 0. The number of rotatable bonds is 4. The second-order valence-corrected chi connectivity index (χ2v) is 6.02. The molecule has 0 aliphatic heterocycles. The highest BCUT2D eigenvalue weighted by atomic mass is 16.5. The maximum absolute atomic E-state index is 6.11. The van der Waals surface area contributed by atoms with Gasteiger partial charge in [-0.15, -0.1) is 0 Å². The molecule has 0 radical (unpaired) electrons. The van der Waals surface area contributed by atoms with Crippen molar-refractivity contribution in [2.45, 2.75) is 71.4 Å². The normalized spacial score (nSPS) is 23.1. The molecule has 0 saturated heterocycles. The minimum absolute atomic E-state index is 0.0556.